The number of rotatable bonds is 7. The summed E-state index contributed by atoms with van der Waals surface area (Å²) in [5.41, 5.74) is 2.76. The summed E-state index contributed by atoms with van der Waals surface area (Å²) in [4.78, 5) is 16.8. The first-order valence-corrected chi connectivity index (χ1v) is 10.8. The van der Waals surface area contributed by atoms with E-state index in [1.165, 1.54) is 43.6 Å². The molecule has 142 valence electrons. The van der Waals surface area contributed by atoms with Crippen LogP contribution in [0.2, 0.25) is 0 Å². The minimum absolute atomic E-state index is 0.0132. The number of ketones is 1. The van der Waals surface area contributed by atoms with Crippen molar-refractivity contribution in [3.63, 3.8) is 0 Å². The van der Waals surface area contributed by atoms with Crippen molar-refractivity contribution in [2.24, 2.45) is 0 Å². The van der Waals surface area contributed by atoms with Crippen LogP contribution in [0.1, 0.15) is 22.8 Å². The van der Waals surface area contributed by atoms with E-state index in [0.717, 1.165) is 10.7 Å². The van der Waals surface area contributed by atoms with Crippen LogP contribution in [0.15, 0.2) is 57.0 Å². The molecule has 0 aliphatic rings. The molecular weight excluding hydrogens is 384 g/mol. The van der Waals surface area contributed by atoms with Gasteiger partial charge < -0.3 is 4.42 Å². The summed E-state index contributed by atoms with van der Waals surface area (Å²) in [6.07, 6.45) is 0.928. The van der Waals surface area contributed by atoms with Crippen molar-refractivity contribution in [1.29, 1.82) is 0 Å². The molecule has 0 spiro atoms. The third kappa shape index (κ3) is 4.23. The van der Waals surface area contributed by atoms with E-state index in [2.05, 4.69) is 11.9 Å². The highest BCUT2D eigenvalue weighted by Crippen LogP contribution is 2.26. The van der Waals surface area contributed by atoms with Crippen molar-refractivity contribution in [2.45, 2.75) is 23.5 Å². The number of sulfonamides is 1. The smallest absolute Gasteiger partial charge is 0.257 e. The SMILES string of the molecule is CCc1ccc(C(=O)CSc2nc3cc(S(=O)(=O)N(C)C)ccc3o2)cc1. The lowest BCUT2D eigenvalue weighted by Gasteiger charge is -2.10. The number of oxazole rings is 1. The first kappa shape index (κ1) is 19.6. The summed E-state index contributed by atoms with van der Waals surface area (Å²) in [5, 5.41) is 0.336. The van der Waals surface area contributed by atoms with Crippen molar-refractivity contribution in [2.75, 3.05) is 19.8 Å². The van der Waals surface area contributed by atoms with E-state index in [1.54, 1.807) is 6.07 Å². The van der Waals surface area contributed by atoms with Crippen molar-refractivity contribution < 1.29 is 17.6 Å². The highest BCUT2D eigenvalue weighted by atomic mass is 32.2. The number of carbonyl (C=O) groups is 1. The van der Waals surface area contributed by atoms with Crippen LogP contribution in [-0.2, 0) is 16.4 Å². The topological polar surface area (TPSA) is 80.5 Å². The molecule has 1 aromatic heterocycles. The predicted molar refractivity (Wildman–Crippen MR) is 106 cm³/mol. The molecule has 0 saturated heterocycles. The second-order valence-corrected chi connectivity index (χ2v) is 9.24. The number of fused-ring (bicyclic) bond motifs is 1. The lowest BCUT2D eigenvalue weighted by Crippen LogP contribution is -2.22. The molecule has 27 heavy (non-hydrogen) atoms. The first-order chi connectivity index (χ1) is 12.8. The molecule has 6 nitrogen and oxygen atoms in total. The zero-order chi connectivity index (χ0) is 19.6. The Kier molecular flexibility index (Phi) is 5.69. The van der Waals surface area contributed by atoms with Crippen molar-refractivity contribution in [1.82, 2.24) is 9.29 Å². The molecule has 0 bridgehead atoms. The molecule has 0 aliphatic heterocycles. The number of Topliss-reactive ketones (excluding diaryl/α,β-unsaturated/α-hetero) is 1. The summed E-state index contributed by atoms with van der Waals surface area (Å²) in [6, 6.07) is 12.1. The first-order valence-electron chi connectivity index (χ1n) is 8.39. The number of benzene rings is 2. The molecule has 2 aromatic carbocycles. The Morgan fingerprint density at radius 2 is 1.85 bits per heavy atom. The summed E-state index contributed by atoms with van der Waals surface area (Å²) in [7, 11) is -0.587. The molecule has 1 heterocycles. The average molecular weight is 405 g/mol. The van der Waals surface area contributed by atoms with Crippen LogP contribution in [0.4, 0.5) is 0 Å². The summed E-state index contributed by atoms with van der Waals surface area (Å²) < 4.78 is 31.2. The standard InChI is InChI=1S/C19H20N2O4S2/c1-4-13-5-7-14(8-6-13)17(22)12-26-19-20-16-11-15(9-10-18(16)25-19)27(23,24)21(2)3/h5-11H,4,12H2,1-3H3. The van der Waals surface area contributed by atoms with Gasteiger partial charge in [-0.25, -0.2) is 17.7 Å². The normalized spacial score (nSPS) is 12.0. The van der Waals surface area contributed by atoms with E-state index in [0.29, 0.717) is 21.9 Å². The summed E-state index contributed by atoms with van der Waals surface area (Å²) in [5.74, 6) is 0.182. The monoisotopic (exact) mass is 404 g/mol. The van der Waals surface area contributed by atoms with Crippen LogP contribution in [0.3, 0.4) is 0 Å². The zero-order valence-electron chi connectivity index (χ0n) is 15.3. The van der Waals surface area contributed by atoms with Crippen molar-refractivity contribution >= 4 is 38.7 Å². The molecular formula is C19H20N2O4S2. The van der Waals surface area contributed by atoms with Crippen LogP contribution < -0.4 is 0 Å². The van der Waals surface area contributed by atoms with E-state index < -0.39 is 10.0 Å². The van der Waals surface area contributed by atoms with Crippen LogP contribution in [0.5, 0.6) is 0 Å². The summed E-state index contributed by atoms with van der Waals surface area (Å²) in [6.45, 7) is 2.06. The fourth-order valence-electron chi connectivity index (χ4n) is 2.46. The zero-order valence-corrected chi connectivity index (χ0v) is 16.9. The second-order valence-electron chi connectivity index (χ2n) is 6.16. The van der Waals surface area contributed by atoms with Gasteiger partial charge in [0.15, 0.2) is 11.4 Å². The number of hydrogen-bond acceptors (Lipinski definition) is 6. The highest BCUT2D eigenvalue weighted by molar-refractivity contribution is 7.99. The van der Waals surface area contributed by atoms with Gasteiger partial charge in [-0.15, -0.1) is 0 Å². The molecule has 3 rings (SSSR count). The molecule has 3 aromatic rings. The third-order valence-electron chi connectivity index (χ3n) is 4.13. The molecule has 0 fully saturated rings. The predicted octanol–water partition coefficient (Wildman–Crippen LogP) is 3.62. The molecule has 0 aliphatic carbocycles. The molecule has 8 heteroatoms. The molecule has 0 unspecified atom stereocenters. The lowest BCUT2D eigenvalue weighted by molar-refractivity contribution is 0.102. The lowest BCUT2D eigenvalue weighted by atomic mass is 10.1. The third-order valence-corrected chi connectivity index (χ3v) is 6.77. The van der Waals surface area contributed by atoms with Gasteiger partial charge in [-0.3, -0.25) is 4.79 Å². The van der Waals surface area contributed by atoms with Gasteiger partial charge in [0.25, 0.3) is 5.22 Å². The van der Waals surface area contributed by atoms with Gasteiger partial charge in [-0.05, 0) is 30.2 Å². The van der Waals surface area contributed by atoms with Crippen LogP contribution in [0, 0.1) is 0 Å². The molecule has 0 N–H and O–H groups in total. The molecule has 0 amide bonds. The maximum atomic E-state index is 12.3. The number of aryl methyl sites for hydroxylation is 1. The van der Waals surface area contributed by atoms with Crippen molar-refractivity contribution in [3.05, 3.63) is 53.6 Å². The van der Waals surface area contributed by atoms with E-state index >= 15 is 0 Å². The van der Waals surface area contributed by atoms with Gasteiger partial charge in [-0.1, -0.05) is 43.0 Å². The van der Waals surface area contributed by atoms with Crippen LogP contribution >= 0.6 is 11.8 Å². The fourth-order valence-corrected chi connectivity index (χ4v) is 4.11. The fraction of sp³-hybridized carbons (Fsp3) is 0.263. The Labute approximate surface area is 162 Å². The van der Waals surface area contributed by atoms with E-state index in [4.69, 9.17) is 4.42 Å². The Balaban J connectivity index is 1.74. The molecule has 0 radical (unpaired) electrons. The van der Waals surface area contributed by atoms with Gasteiger partial charge in [0.05, 0.1) is 10.6 Å². The Morgan fingerprint density at radius 3 is 2.48 bits per heavy atom. The maximum Gasteiger partial charge on any atom is 0.257 e. The maximum absolute atomic E-state index is 12.3. The Hall–Kier alpha value is -2.16. The second kappa shape index (κ2) is 7.84. The summed E-state index contributed by atoms with van der Waals surface area (Å²) >= 11 is 1.19. The average Bonchev–Trinajstić information content (AvgIpc) is 3.08. The largest absolute Gasteiger partial charge is 0.431 e. The van der Waals surface area contributed by atoms with Gasteiger partial charge >= 0.3 is 0 Å². The number of nitrogens with zero attached hydrogens (tertiary/aromatic N) is 2. The van der Waals surface area contributed by atoms with Gasteiger partial charge in [-0.2, -0.15) is 0 Å². The van der Waals surface area contributed by atoms with E-state index in [9.17, 15) is 13.2 Å². The Bertz CT molecular complexity index is 1070. The minimum Gasteiger partial charge on any atom is -0.431 e. The quantitative estimate of drug-likeness (QED) is 0.442. The number of thioether (sulfide) groups is 1. The van der Waals surface area contributed by atoms with Crippen LogP contribution in [-0.4, -0.2) is 43.3 Å². The van der Waals surface area contributed by atoms with Crippen LogP contribution in [0.25, 0.3) is 11.1 Å². The van der Waals surface area contributed by atoms with Gasteiger partial charge in [0.1, 0.15) is 5.52 Å². The molecule has 0 saturated carbocycles. The minimum atomic E-state index is -3.54. The van der Waals surface area contributed by atoms with Gasteiger partial charge in [0.2, 0.25) is 10.0 Å². The number of hydrogen-bond donors (Lipinski definition) is 0. The van der Waals surface area contributed by atoms with Crippen molar-refractivity contribution in [3.8, 4) is 0 Å². The number of aromatic nitrogens is 1. The van der Waals surface area contributed by atoms with E-state index in [-0.39, 0.29) is 16.4 Å². The number of carbonyl (C=O) groups excluding carboxylic acids is 1. The molecule has 0 atom stereocenters. The van der Waals surface area contributed by atoms with Gasteiger partial charge in [0, 0.05) is 19.7 Å². The highest BCUT2D eigenvalue weighted by Gasteiger charge is 2.19. The van der Waals surface area contributed by atoms with E-state index in [1.807, 2.05) is 24.3 Å². The Morgan fingerprint density at radius 1 is 1.15 bits per heavy atom.